The molecule has 102 valence electrons. The van der Waals surface area contributed by atoms with Gasteiger partial charge in [-0.2, -0.15) is 10.2 Å². The van der Waals surface area contributed by atoms with Gasteiger partial charge in [-0.3, -0.25) is 9.36 Å². The van der Waals surface area contributed by atoms with E-state index in [-0.39, 0.29) is 0 Å². The normalized spacial score (nSPS) is 15.1. The Morgan fingerprint density at radius 1 is 1.37 bits per heavy atom. The number of aryl methyl sites for hydroxylation is 2. The summed E-state index contributed by atoms with van der Waals surface area (Å²) in [5, 5.41) is 12.4. The summed E-state index contributed by atoms with van der Waals surface area (Å²) in [6.07, 6.45) is 5.48. The molecule has 19 heavy (non-hydrogen) atoms. The largest absolute Gasteiger partial charge is 0.308 e. The van der Waals surface area contributed by atoms with Crippen LogP contribution in [0.2, 0.25) is 0 Å². The van der Waals surface area contributed by atoms with Crippen molar-refractivity contribution in [2.45, 2.75) is 45.3 Å². The third-order valence-corrected chi connectivity index (χ3v) is 3.66. The molecule has 0 radical (unpaired) electrons. The molecule has 3 rings (SSSR count). The second kappa shape index (κ2) is 5.17. The van der Waals surface area contributed by atoms with Crippen molar-refractivity contribution < 1.29 is 0 Å². The summed E-state index contributed by atoms with van der Waals surface area (Å²) in [6.45, 7) is 3.83. The molecule has 1 aliphatic rings. The van der Waals surface area contributed by atoms with Gasteiger partial charge in [0.05, 0.1) is 23.6 Å². The zero-order chi connectivity index (χ0) is 13.2. The highest BCUT2D eigenvalue weighted by Crippen LogP contribution is 2.19. The van der Waals surface area contributed by atoms with Gasteiger partial charge in [0.2, 0.25) is 0 Å². The number of hydrogen-bond acceptors (Lipinski definition) is 3. The van der Waals surface area contributed by atoms with Crippen LogP contribution >= 0.6 is 0 Å². The maximum absolute atomic E-state index is 4.48. The lowest BCUT2D eigenvalue weighted by atomic mass is 10.3. The number of aromatic nitrogens is 4. The molecule has 0 bridgehead atoms. The van der Waals surface area contributed by atoms with Crippen LogP contribution in [-0.2, 0) is 26.6 Å². The van der Waals surface area contributed by atoms with Crippen LogP contribution in [0, 0.1) is 0 Å². The SMILES string of the molecule is CCc1cc(Cn2nccc2CNC2CC2)n(C)n1. The second-order valence-corrected chi connectivity index (χ2v) is 5.24. The molecule has 1 saturated carbocycles. The molecule has 5 nitrogen and oxygen atoms in total. The summed E-state index contributed by atoms with van der Waals surface area (Å²) in [5.41, 5.74) is 3.58. The molecule has 0 aliphatic heterocycles. The van der Waals surface area contributed by atoms with Crippen molar-refractivity contribution in [3.8, 4) is 0 Å². The van der Waals surface area contributed by atoms with Crippen LogP contribution in [0.3, 0.4) is 0 Å². The molecule has 2 aromatic heterocycles. The highest BCUT2D eigenvalue weighted by Gasteiger charge is 2.20. The molecule has 1 N–H and O–H groups in total. The average Bonchev–Trinajstić information content (AvgIpc) is 3.03. The van der Waals surface area contributed by atoms with Gasteiger partial charge in [-0.1, -0.05) is 6.92 Å². The number of rotatable bonds is 6. The van der Waals surface area contributed by atoms with Crippen molar-refractivity contribution in [1.29, 1.82) is 0 Å². The Bertz CT molecular complexity index is 550. The fourth-order valence-corrected chi connectivity index (χ4v) is 2.23. The van der Waals surface area contributed by atoms with E-state index in [9.17, 15) is 0 Å². The minimum atomic E-state index is 0.728. The molecule has 2 aromatic rings. The molecule has 5 heteroatoms. The number of nitrogens with one attached hydrogen (secondary N) is 1. The van der Waals surface area contributed by atoms with Crippen LogP contribution in [-0.4, -0.2) is 25.6 Å². The maximum Gasteiger partial charge on any atom is 0.0831 e. The quantitative estimate of drug-likeness (QED) is 0.855. The zero-order valence-electron chi connectivity index (χ0n) is 11.6. The van der Waals surface area contributed by atoms with Crippen molar-refractivity contribution >= 4 is 0 Å². The van der Waals surface area contributed by atoms with E-state index in [1.54, 1.807) is 0 Å². The predicted octanol–water partition coefficient (Wildman–Crippen LogP) is 1.48. The Labute approximate surface area is 113 Å². The first kappa shape index (κ1) is 12.4. The molecular formula is C14H21N5. The minimum absolute atomic E-state index is 0.728. The standard InChI is InChI=1S/C14H21N5/c1-3-11-8-14(18(2)17-11)10-19-13(6-7-16-19)9-15-12-4-5-12/h6-8,12,15H,3-5,9-10H2,1-2H3. The third kappa shape index (κ3) is 2.87. The Morgan fingerprint density at radius 2 is 2.21 bits per heavy atom. The molecule has 0 amide bonds. The summed E-state index contributed by atoms with van der Waals surface area (Å²) in [6, 6.07) is 4.98. The lowest BCUT2D eigenvalue weighted by Crippen LogP contribution is -2.19. The fourth-order valence-electron chi connectivity index (χ4n) is 2.23. The average molecular weight is 259 g/mol. The Kier molecular flexibility index (Phi) is 3.38. The van der Waals surface area contributed by atoms with Gasteiger partial charge in [0.15, 0.2) is 0 Å². The van der Waals surface area contributed by atoms with E-state index < -0.39 is 0 Å². The number of hydrogen-bond donors (Lipinski definition) is 1. The van der Waals surface area contributed by atoms with E-state index in [4.69, 9.17) is 0 Å². The Morgan fingerprint density at radius 3 is 2.89 bits per heavy atom. The van der Waals surface area contributed by atoms with E-state index in [0.717, 1.165) is 31.2 Å². The van der Waals surface area contributed by atoms with Gasteiger partial charge in [0, 0.05) is 25.8 Å². The van der Waals surface area contributed by atoms with E-state index in [0.29, 0.717) is 0 Å². The van der Waals surface area contributed by atoms with E-state index in [2.05, 4.69) is 39.3 Å². The topological polar surface area (TPSA) is 47.7 Å². The zero-order valence-corrected chi connectivity index (χ0v) is 11.6. The first-order valence-corrected chi connectivity index (χ1v) is 7.02. The summed E-state index contributed by atoms with van der Waals surface area (Å²) in [7, 11) is 2.00. The first-order valence-electron chi connectivity index (χ1n) is 7.02. The van der Waals surface area contributed by atoms with Crippen molar-refractivity contribution in [1.82, 2.24) is 24.9 Å². The summed E-state index contributed by atoms with van der Waals surface area (Å²) in [5.74, 6) is 0. The molecule has 0 atom stereocenters. The highest BCUT2D eigenvalue weighted by molar-refractivity contribution is 5.12. The number of nitrogens with zero attached hydrogens (tertiary/aromatic N) is 4. The molecule has 1 aliphatic carbocycles. The monoisotopic (exact) mass is 259 g/mol. The molecule has 2 heterocycles. The van der Waals surface area contributed by atoms with Crippen LogP contribution in [0.4, 0.5) is 0 Å². The van der Waals surface area contributed by atoms with E-state index >= 15 is 0 Å². The Hall–Kier alpha value is -1.62. The van der Waals surface area contributed by atoms with Gasteiger partial charge in [-0.05, 0) is 31.4 Å². The van der Waals surface area contributed by atoms with Crippen molar-refractivity contribution in [2.24, 2.45) is 7.05 Å². The molecule has 0 aromatic carbocycles. The van der Waals surface area contributed by atoms with Crippen LogP contribution in [0.15, 0.2) is 18.3 Å². The Balaban J connectivity index is 1.70. The van der Waals surface area contributed by atoms with Crippen LogP contribution in [0.5, 0.6) is 0 Å². The second-order valence-electron chi connectivity index (χ2n) is 5.24. The van der Waals surface area contributed by atoms with Crippen LogP contribution < -0.4 is 5.32 Å². The van der Waals surface area contributed by atoms with Gasteiger partial charge in [0.1, 0.15) is 0 Å². The molecule has 0 spiro atoms. The summed E-state index contributed by atoms with van der Waals surface area (Å²) in [4.78, 5) is 0. The van der Waals surface area contributed by atoms with Gasteiger partial charge >= 0.3 is 0 Å². The summed E-state index contributed by atoms with van der Waals surface area (Å²) >= 11 is 0. The smallest absolute Gasteiger partial charge is 0.0831 e. The van der Waals surface area contributed by atoms with Crippen molar-refractivity contribution in [3.05, 3.63) is 35.4 Å². The van der Waals surface area contributed by atoms with Gasteiger partial charge in [-0.25, -0.2) is 0 Å². The fraction of sp³-hybridized carbons (Fsp3) is 0.571. The third-order valence-electron chi connectivity index (χ3n) is 3.66. The molecule has 0 saturated heterocycles. The molecular weight excluding hydrogens is 238 g/mol. The van der Waals surface area contributed by atoms with Crippen molar-refractivity contribution in [2.75, 3.05) is 0 Å². The molecule has 1 fully saturated rings. The van der Waals surface area contributed by atoms with Crippen LogP contribution in [0.1, 0.15) is 36.8 Å². The maximum atomic E-state index is 4.48. The minimum Gasteiger partial charge on any atom is -0.308 e. The van der Waals surface area contributed by atoms with E-state index in [1.807, 2.05) is 17.9 Å². The predicted molar refractivity (Wildman–Crippen MR) is 73.8 cm³/mol. The molecule has 0 unspecified atom stereocenters. The van der Waals surface area contributed by atoms with Gasteiger partial charge in [0.25, 0.3) is 0 Å². The van der Waals surface area contributed by atoms with Crippen molar-refractivity contribution in [3.63, 3.8) is 0 Å². The summed E-state index contributed by atoms with van der Waals surface area (Å²) < 4.78 is 4.02. The van der Waals surface area contributed by atoms with Gasteiger partial charge < -0.3 is 5.32 Å². The van der Waals surface area contributed by atoms with Crippen LogP contribution in [0.25, 0.3) is 0 Å². The first-order chi connectivity index (χ1) is 9.26. The van der Waals surface area contributed by atoms with E-state index in [1.165, 1.54) is 24.2 Å². The lowest BCUT2D eigenvalue weighted by molar-refractivity contribution is 0.568. The highest BCUT2D eigenvalue weighted by atomic mass is 15.3. The van der Waals surface area contributed by atoms with Gasteiger partial charge in [-0.15, -0.1) is 0 Å². The lowest BCUT2D eigenvalue weighted by Gasteiger charge is -2.08.